The van der Waals surface area contributed by atoms with Crippen molar-refractivity contribution in [2.45, 2.75) is 89.6 Å². The van der Waals surface area contributed by atoms with Crippen LogP contribution in [0.25, 0.3) is 11.3 Å². The molecule has 0 radical (unpaired) electrons. The Morgan fingerprint density at radius 3 is 2.07 bits per heavy atom. The predicted molar refractivity (Wildman–Crippen MR) is 121 cm³/mol. The smallest absolute Gasteiger partial charge is 0.267 e. The Bertz CT molecular complexity index is 835. The van der Waals surface area contributed by atoms with Crippen LogP contribution < -0.4 is 10.9 Å². The van der Waals surface area contributed by atoms with E-state index >= 15 is 0 Å². The number of hydrogen-bond acceptors (Lipinski definition) is 3. The van der Waals surface area contributed by atoms with Crippen molar-refractivity contribution in [1.82, 2.24) is 15.1 Å². The summed E-state index contributed by atoms with van der Waals surface area (Å²) in [5, 5.41) is 7.70. The summed E-state index contributed by atoms with van der Waals surface area (Å²) in [7, 11) is 0. The van der Waals surface area contributed by atoms with Gasteiger partial charge in [-0.25, -0.2) is 4.68 Å². The molecule has 1 aromatic heterocycles. The second-order valence-electron chi connectivity index (χ2n) is 8.51. The van der Waals surface area contributed by atoms with Gasteiger partial charge in [-0.3, -0.25) is 9.59 Å². The number of carbonyl (C=O) groups excluding carboxylic acids is 1. The fourth-order valence-corrected chi connectivity index (χ4v) is 4.21. The Kier molecular flexibility index (Phi) is 8.66. The molecule has 162 valence electrons. The van der Waals surface area contributed by atoms with Gasteiger partial charge in [-0.15, -0.1) is 0 Å². The van der Waals surface area contributed by atoms with Gasteiger partial charge in [0.2, 0.25) is 5.91 Å². The van der Waals surface area contributed by atoms with Gasteiger partial charge in [-0.05, 0) is 25.8 Å². The molecular formula is C25H35N3O2. The molecule has 1 amide bonds. The first-order valence-electron chi connectivity index (χ1n) is 11.6. The highest BCUT2D eigenvalue weighted by molar-refractivity contribution is 5.80. The SMILES string of the molecule is CC(C(=O)NC1CCCCCCCCCCC1)n1nc(-c2ccccc2)ccc1=O. The van der Waals surface area contributed by atoms with Crippen LogP contribution in [0, 0.1) is 0 Å². The monoisotopic (exact) mass is 409 g/mol. The summed E-state index contributed by atoms with van der Waals surface area (Å²) in [6.45, 7) is 1.76. The van der Waals surface area contributed by atoms with E-state index in [4.69, 9.17) is 0 Å². The number of amides is 1. The van der Waals surface area contributed by atoms with Crippen LogP contribution in [0.2, 0.25) is 0 Å². The third-order valence-electron chi connectivity index (χ3n) is 6.09. The average Bonchev–Trinajstić information content (AvgIpc) is 2.76. The van der Waals surface area contributed by atoms with E-state index in [-0.39, 0.29) is 17.5 Å². The quantitative estimate of drug-likeness (QED) is 0.749. The van der Waals surface area contributed by atoms with Crippen LogP contribution in [-0.4, -0.2) is 21.7 Å². The number of nitrogens with zero attached hydrogens (tertiary/aromatic N) is 2. The largest absolute Gasteiger partial charge is 0.352 e. The molecule has 1 fully saturated rings. The normalized spacial score (nSPS) is 18.0. The van der Waals surface area contributed by atoms with Crippen LogP contribution in [0.4, 0.5) is 0 Å². The summed E-state index contributed by atoms with van der Waals surface area (Å²) >= 11 is 0. The maximum Gasteiger partial charge on any atom is 0.267 e. The minimum Gasteiger partial charge on any atom is -0.352 e. The Balaban J connectivity index is 1.67. The molecule has 30 heavy (non-hydrogen) atoms. The Hall–Kier alpha value is -2.43. The molecule has 1 heterocycles. The van der Waals surface area contributed by atoms with E-state index < -0.39 is 6.04 Å². The standard InChI is InChI=1S/C25H35N3O2/c1-20(28-24(29)19-18-23(27-28)21-14-10-9-11-15-21)25(30)26-22-16-12-7-5-3-2-4-6-8-13-17-22/h9-11,14-15,18-20,22H,2-8,12-13,16-17H2,1H3,(H,26,30). The highest BCUT2D eigenvalue weighted by Gasteiger charge is 2.21. The van der Waals surface area contributed by atoms with Gasteiger partial charge in [-0.1, -0.05) is 88.1 Å². The molecule has 5 heteroatoms. The lowest BCUT2D eigenvalue weighted by atomic mass is 9.98. The van der Waals surface area contributed by atoms with E-state index in [2.05, 4.69) is 10.4 Å². The molecule has 1 unspecified atom stereocenters. The maximum absolute atomic E-state index is 13.0. The Morgan fingerprint density at radius 2 is 1.47 bits per heavy atom. The molecular weight excluding hydrogens is 374 g/mol. The van der Waals surface area contributed by atoms with Gasteiger partial charge in [-0.2, -0.15) is 5.10 Å². The molecule has 1 aliphatic rings. The van der Waals surface area contributed by atoms with Crippen LogP contribution >= 0.6 is 0 Å². The maximum atomic E-state index is 13.0. The molecule has 1 aliphatic carbocycles. The van der Waals surface area contributed by atoms with Crippen molar-refractivity contribution in [1.29, 1.82) is 0 Å². The molecule has 1 aromatic carbocycles. The fourth-order valence-electron chi connectivity index (χ4n) is 4.21. The first kappa shape index (κ1) is 22.3. The zero-order valence-corrected chi connectivity index (χ0v) is 18.2. The van der Waals surface area contributed by atoms with Crippen molar-refractivity contribution in [3.05, 3.63) is 52.8 Å². The molecule has 0 spiro atoms. The summed E-state index contributed by atoms with van der Waals surface area (Å²) in [6, 6.07) is 12.5. The molecule has 0 aliphatic heterocycles. The third-order valence-corrected chi connectivity index (χ3v) is 6.09. The van der Waals surface area contributed by atoms with Crippen LogP contribution in [0.3, 0.4) is 0 Å². The predicted octanol–water partition coefficient (Wildman–Crippen LogP) is 5.26. The van der Waals surface area contributed by atoms with Crippen LogP contribution in [0.5, 0.6) is 0 Å². The molecule has 0 bridgehead atoms. The second kappa shape index (κ2) is 11.7. The number of carbonyl (C=O) groups is 1. The highest BCUT2D eigenvalue weighted by Crippen LogP contribution is 2.18. The molecule has 0 saturated heterocycles. The van der Waals surface area contributed by atoms with E-state index in [1.165, 1.54) is 55.7 Å². The van der Waals surface area contributed by atoms with Crippen LogP contribution in [0.1, 0.15) is 83.6 Å². The van der Waals surface area contributed by atoms with Gasteiger partial charge < -0.3 is 5.32 Å². The van der Waals surface area contributed by atoms with Crippen molar-refractivity contribution < 1.29 is 4.79 Å². The van der Waals surface area contributed by atoms with E-state index in [0.717, 1.165) is 31.2 Å². The summed E-state index contributed by atoms with van der Waals surface area (Å²) in [6.07, 6.45) is 13.4. The first-order valence-corrected chi connectivity index (χ1v) is 11.6. The van der Waals surface area contributed by atoms with Crippen LogP contribution in [-0.2, 0) is 4.79 Å². The van der Waals surface area contributed by atoms with Gasteiger partial charge in [0.1, 0.15) is 6.04 Å². The van der Waals surface area contributed by atoms with E-state index in [9.17, 15) is 9.59 Å². The van der Waals surface area contributed by atoms with E-state index in [0.29, 0.717) is 5.69 Å². The van der Waals surface area contributed by atoms with E-state index in [1.807, 2.05) is 30.3 Å². The van der Waals surface area contributed by atoms with Crippen molar-refractivity contribution in [2.24, 2.45) is 0 Å². The minimum atomic E-state index is -0.637. The second-order valence-corrected chi connectivity index (χ2v) is 8.51. The zero-order chi connectivity index (χ0) is 21.2. The highest BCUT2D eigenvalue weighted by atomic mass is 16.2. The number of nitrogens with one attached hydrogen (secondary N) is 1. The average molecular weight is 410 g/mol. The Labute approximate surface area is 179 Å². The van der Waals surface area contributed by atoms with Crippen molar-refractivity contribution >= 4 is 5.91 Å². The zero-order valence-electron chi connectivity index (χ0n) is 18.2. The van der Waals surface area contributed by atoms with Crippen molar-refractivity contribution in [2.75, 3.05) is 0 Å². The summed E-state index contributed by atoms with van der Waals surface area (Å²) in [4.78, 5) is 25.4. The van der Waals surface area contributed by atoms with Crippen molar-refractivity contribution in [3.8, 4) is 11.3 Å². The molecule has 1 N–H and O–H groups in total. The van der Waals surface area contributed by atoms with E-state index in [1.54, 1.807) is 13.0 Å². The summed E-state index contributed by atoms with van der Waals surface area (Å²) in [5.74, 6) is -0.119. The van der Waals surface area contributed by atoms with Gasteiger partial charge in [0, 0.05) is 17.7 Å². The Morgan fingerprint density at radius 1 is 0.900 bits per heavy atom. The minimum absolute atomic E-state index is 0.119. The molecule has 1 saturated carbocycles. The number of benzene rings is 1. The first-order chi connectivity index (χ1) is 14.6. The van der Waals surface area contributed by atoms with Gasteiger partial charge in [0.05, 0.1) is 5.69 Å². The number of aromatic nitrogens is 2. The van der Waals surface area contributed by atoms with Crippen molar-refractivity contribution in [3.63, 3.8) is 0 Å². The summed E-state index contributed by atoms with van der Waals surface area (Å²) in [5.41, 5.74) is 1.37. The summed E-state index contributed by atoms with van der Waals surface area (Å²) < 4.78 is 1.31. The third kappa shape index (κ3) is 6.54. The molecule has 1 atom stereocenters. The lowest BCUT2D eigenvalue weighted by Gasteiger charge is -2.22. The van der Waals surface area contributed by atoms with Crippen LogP contribution in [0.15, 0.2) is 47.3 Å². The van der Waals surface area contributed by atoms with Gasteiger partial charge in [0.25, 0.3) is 5.56 Å². The molecule has 2 aromatic rings. The lowest BCUT2D eigenvalue weighted by molar-refractivity contribution is -0.125. The number of rotatable bonds is 4. The molecule has 5 nitrogen and oxygen atoms in total. The fraction of sp³-hybridized carbons (Fsp3) is 0.560. The number of hydrogen-bond donors (Lipinski definition) is 1. The van der Waals surface area contributed by atoms with Gasteiger partial charge >= 0.3 is 0 Å². The molecule has 3 rings (SSSR count). The lowest BCUT2D eigenvalue weighted by Crippen LogP contribution is -2.42. The van der Waals surface area contributed by atoms with Gasteiger partial charge in [0.15, 0.2) is 0 Å². The topological polar surface area (TPSA) is 64.0 Å².